The molecule has 0 aromatic carbocycles. The Morgan fingerprint density at radius 3 is 3.00 bits per heavy atom. The fourth-order valence-corrected chi connectivity index (χ4v) is 2.08. The van der Waals surface area contributed by atoms with E-state index in [0.29, 0.717) is 25.3 Å². The third-order valence-corrected chi connectivity index (χ3v) is 3.04. The normalized spacial score (nSPS) is 18.8. The van der Waals surface area contributed by atoms with Gasteiger partial charge in [-0.1, -0.05) is 0 Å². The van der Waals surface area contributed by atoms with Crippen LogP contribution in [0, 0.1) is 0 Å². The first kappa shape index (κ1) is 15.6. The van der Waals surface area contributed by atoms with Crippen molar-refractivity contribution in [2.24, 2.45) is 0 Å². The summed E-state index contributed by atoms with van der Waals surface area (Å²) in [7, 11) is 0. The van der Waals surface area contributed by atoms with Gasteiger partial charge in [0.05, 0.1) is 25.8 Å². The Kier molecular flexibility index (Phi) is 5.00. The molecule has 1 unspecified atom stereocenters. The van der Waals surface area contributed by atoms with E-state index in [1.165, 1.54) is 4.90 Å². The van der Waals surface area contributed by atoms with Crippen molar-refractivity contribution in [2.45, 2.75) is 18.7 Å². The molecule has 21 heavy (non-hydrogen) atoms. The van der Waals surface area contributed by atoms with Crippen molar-refractivity contribution in [3.63, 3.8) is 0 Å². The second kappa shape index (κ2) is 6.75. The molecule has 1 aliphatic rings. The number of pyridine rings is 1. The standard InChI is InChI=1S/C13H16F3N3O2/c14-13(15,16)9-18-7-12(20)19-5-3-11(8-19)21-10-2-1-4-17-6-10/h1-2,4,6,11,18H,3,5,7-9H2. The van der Waals surface area contributed by atoms with Crippen molar-refractivity contribution in [1.82, 2.24) is 15.2 Å². The van der Waals surface area contributed by atoms with Gasteiger partial charge in [0.2, 0.25) is 5.91 Å². The number of hydrogen-bond acceptors (Lipinski definition) is 4. The number of rotatable bonds is 5. The lowest BCUT2D eigenvalue weighted by Gasteiger charge is -2.17. The summed E-state index contributed by atoms with van der Waals surface area (Å²) < 4.78 is 41.6. The first-order valence-electron chi connectivity index (χ1n) is 6.56. The molecule has 2 rings (SSSR count). The maximum atomic E-state index is 12.0. The van der Waals surface area contributed by atoms with E-state index < -0.39 is 12.7 Å². The number of alkyl halides is 3. The van der Waals surface area contributed by atoms with Crippen LogP contribution in [0.1, 0.15) is 6.42 Å². The van der Waals surface area contributed by atoms with E-state index in [9.17, 15) is 18.0 Å². The van der Waals surface area contributed by atoms with Crippen LogP contribution in [0.2, 0.25) is 0 Å². The van der Waals surface area contributed by atoms with Crippen LogP contribution in [-0.2, 0) is 4.79 Å². The maximum Gasteiger partial charge on any atom is 0.401 e. The quantitative estimate of drug-likeness (QED) is 0.888. The predicted octanol–water partition coefficient (Wildman–Crippen LogP) is 1.21. The number of amides is 1. The zero-order valence-corrected chi connectivity index (χ0v) is 11.3. The SMILES string of the molecule is O=C(CNCC(F)(F)F)N1CCC(Oc2cccnc2)C1. The maximum absolute atomic E-state index is 12.0. The average Bonchev–Trinajstić information content (AvgIpc) is 2.87. The largest absolute Gasteiger partial charge is 0.487 e. The minimum atomic E-state index is -4.31. The van der Waals surface area contributed by atoms with Gasteiger partial charge in [-0.3, -0.25) is 9.78 Å². The summed E-state index contributed by atoms with van der Waals surface area (Å²) >= 11 is 0. The number of nitrogens with one attached hydrogen (secondary N) is 1. The Hall–Kier alpha value is -1.83. The zero-order valence-electron chi connectivity index (χ0n) is 11.3. The fraction of sp³-hybridized carbons (Fsp3) is 0.538. The van der Waals surface area contributed by atoms with Gasteiger partial charge in [-0.15, -0.1) is 0 Å². The minimum Gasteiger partial charge on any atom is -0.487 e. The second-order valence-electron chi connectivity index (χ2n) is 4.78. The predicted molar refractivity (Wildman–Crippen MR) is 68.8 cm³/mol. The lowest BCUT2D eigenvalue weighted by Crippen LogP contribution is -2.40. The van der Waals surface area contributed by atoms with Crippen molar-refractivity contribution in [2.75, 3.05) is 26.2 Å². The van der Waals surface area contributed by atoms with E-state index in [2.05, 4.69) is 10.3 Å². The number of carbonyl (C=O) groups is 1. The highest BCUT2D eigenvalue weighted by Crippen LogP contribution is 2.17. The van der Waals surface area contributed by atoms with Crippen LogP contribution in [0.15, 0.2) is 24.5 Å². The summed E-state index contributed by atoms with van der Waals surface area (Å²) in [5, 5.41) is 2.10. The first-order valence-corrected chi connectivity index (χ1v) is 6.56. The molecule has 0 bridgehead atoms. The number of aromatic nitrogens is 1. The molecule has 0 radical (unpaired) electrons. The zero-order chi connectivity index (χ0) is 15.3. The summed E-state index contributed by atoms with van der Waals surface area (Å²) in [6.45, 7) is -0.625. The van der Waals surface area contributed by atoms with Crippen LogP contribution >= 0.6 is 0 Å². The second-order valence-corrected chi connectivity index (χ2v) is 4.78. The van der Waals surface area contributed by atoms with E-state index in [1.54, 1.807) is 24.5 Å². The van der Waals surface area contributed by atoms with Crippen LogP contribution in [0.5, 0.6) is 5.75 Å². The molecule has 1 aromatic heterocycles. The van der Waals surface area contributed by atoms with E-state index >= 15 is 0 Å². The molecule has 116 valence electrons. The molecule has 1 fully saturated rings. The minimum absolute atomic E-state index is 0.152. The number of hydrogen-bond donors (Lipinski definition) is 1. The fourth-order valence-electron chi connectivity index (χ4n) is 2.08. The van der Waals surface area contributed by atoms with Gasteiger partial charge in [-0.05, 0) is 12.1 Å². The van der Waals surface area contributed by atoms with Gasteiger partial charge in [0.1, 0.15) is 11.9 Å². The summed E-state index contributed by atoms with van der Waals surface area (Å²) in [4.78, 5) is 17.2. The highest BCUT2D eigenvalue weighted by molar-refractivity contribution is 5.78. The molecule has 2 heterocycles. The Morgan fingerprint density at radius 2 is 2.33 bits per heavy atom. The van der Waals surface area contributed by atoms with E-state index in [1.807, 2.05) is 0 Å². The Labute approximate surface area is 120 Å². The van der Waals surface area contributed by atoms with Crippen molar-refractivity contribution in [1.29, 1.82) is 0 Å². The first-order chi connectivity index (χ1) is 9.94. The van der Waals surface area contributed by atoms with Gasteiger partial charge >= 0.3 is 6.18 Å². The lowest BCUT2D eigenvalue weighted by molar-refractivity contribution is -0.133. The van der Waals surface area contributed by atoms with Gasteiger partial charge in [0.25, 0.3) is 0 Å². The number of halogens is 3. The summed E-state index contributed by atoms with van der Waals surface area (Å²) in [6, 6.07) is 3.51. The van der Waals surface area contributed by atoms with E-state index in [0.717, 1.165) is 0 Å². The molecule has 1 aromatic rings. The van der Waals surface area contributed by atoms with Gasteiger partial charge in [0.15, 0.2) is 0 Å². The van der Waals surface area contributed by atoms with Crippen LogP contribution in [0.25, 0.3) is 0 Å². The molecule has 1 N–H and O–H groups in total. The third-order valence-electron chi connectivity index (χ3n) is 3.04. The van der Waals surface area contributed by atoms with Crippen LogP contribution < -0.4 is 10.1 Å². The third kappa shape index (κ3) is 5.22. The number of likely N-dealkylation sites (tertiary alicyclic amines) is 1. The molecule has 0 saturated carbocycles. The Morgan fingerprint density at radius 1 is 1.52 bits per heavy atom. The number of carbonyl (C=O) groups excluding carboxylic acids is 1. The summed E-state index contributed by atoms with van der Waals surface area (Å²) in [6.07, 6.45) is -0.600. The smallest absolute Gasteiger partial charge is 0.401 e. The van der Waals surface area contributed by atoms with Gasteiger partial charge in [-0.25, -0.2) is 0 Å². The van der Waals surface area contributed by atoms with Crippen molar-refractivity contribution in [3.05, 3.63) is 24.5 Å². The van der Waals surface area contributed by atoms with Crippen LogP contribution in [0.4, 0.5) is 13.2 Å². The summed E-state index contributed by atoms with van der Waals surface area (Å²) in [5.41, 5.74) is 0. The Balaban J connectivity index is 1.73. The van der Waals surface area contributed by atoms with Gasteiger partial charge in [-0.2, -0.15) is 13.2 Å². The molecule has 0 aliphatic carbocycles. The highest BCUT2D eigenvalue weighted by atomic mass is 19.4. The number of nitrogens with zero attached hydrogens (tertiary/aromatic N) is 2. The van der Waals surface area contributed by atoms with Crippen LogP contribution in [0.3, 0.4) is 0 Å². The molecule has 1 saturated heterocycles. The topological polar surface area (TPSA) is 54.5 Å². The lowest BCUT2D eigenvalue weighted by atomic mass is 10.3. The molecule has 1 amide bonds. The molecule has 8 heteroatoms. The molecule has 1 atom stereocenters. The van der Waals surface area contributed by atoms with E-state index in [4.69, 9.17) is 4.74 Å². The molecular formula is C13H16F3N3O2. The van der Waals surface area contributed by atoms with Crippen molar-refractivity contribution in [3.8, 4) is 5.75 Å². The van der Waals surface area contributed by atoms with Gasteiger partial charge in [0, 0.05) is 19.2 Å². The molecule has 5 nitrogen and oxygen atoms in total. The van der Waals surface area contributed by atoms with Gasteiger partial charge < -0.3 is 15.0 Å². The van der Waals surface area contributed by atoms with Crippen molar-refractivity contribution < 1.29 is 22.7 Å². The highest BCUT2D eigenvalue weighted by Gasteiger charge is 2.29. The van der Waals surface area contributed by atoms with Crippen molar-refractivity contribution >= 4 is 5.91 Å². The monoisotopic (exact) mass is 303 g/mol. The van der Waals surface area contributed by atoms with Crippen LogP contribution in [-0.4, -0.2) is 54.3 Å². The summed E-state index contributed by atoms with van der Waals surface area (Å²) in [5.74, 6) is 0.267. The molecule has 1 aliphatic heterocycles. The van der Waals surface area contributed by atoms with E-state index in [-0.39, 0.29) is 18.6 Å². The Bertz CT molecular complexity index is 467. The average molecular weight is 303 g/mol. The molecule has 0 spiro atoms. The number of ether oxygens (including phenoxy) is 1. The molecular weight excluding hydrogens is 287 g/mol.